The highest BCUT2D eigenvalue weighted by molar-refractivity contribution is 6.37. The predicted molar refractivity (Wildman–Crippen MR) is 89.7 cm³/mol. The van der Waals surface area contributed by atoms with Gasteiger partial charge in [-0.05, 0) is 31.2 Å². The molecule has 1 aromatic heterocycles. The number of aryl methyl sites for hydroxylation is 1. The van der Waals surface area contributed by atoms with Crippen LogP contribution in [-0.2, 0) is 0 Å². The van der Waals surface area contributed by atoms with Crippen LogP contribution in [0.25, 0.3) is 10.9 Å². The zero-order chi connectivity index (χ0) is 16.6. The lowest BCUT2D eigenvalue weighted by molar-refractivity contribution is -0.384. The van der Waals surface area contributed by atoms with E-state index in [0.29, 0.717) is 5.75 Å². The lowest BCUT2D eigenvalue weighted by atomic mass is 10.2. The molecule has 0 saturated carbocycles. The summed E-state index contributed by atoms with van der Waals surface area (Å²) in [5, 5.41) is 11.8. The smallest absolute Gasteiger partial charge is 0.272 e. The first-order chi connectivity index (χ1) is 10.9. The van der Waals surface area contributed by atoms with Crippen LogP contribution in [0.3, 0.4) is 0 Å². The monoisotopic (exact) mass is 348 g/mol. The van der Waals surface area contributed by atoms with Crippen LogP contribution < -0.4 is 4.74 Å². The van der Waals surface area contributed by atoms with Crippen LogP contribution in [0.2, 0.25) is 10.0 Å². The molecule has 0 bridgehead atoms. The van der Waals surface area contributed by atoms with Crippen molar-refractivity contribution in [3.05, 3.63) is 68.3 Å². The normalized spacial score (nSPS) is 10.7. The van der Waals surface area contributed by atoms with Crippen LogP contribution in [-0.4, -0.2) is 9.91 Å². The van der Waals surface area contributed by atoms with Gasteiger partial charge in [0.25, 0.3) is 5.69 Å². The molecule has 0 fully saturated rings. The van der Waals surface area contributed by atoms with Crippen molar-refractivity contribution in [3.63, 3.8) is 0 Å². The summed E-state index contributed by atoms with van der Waals surface area (Å²) in [5.74, 6) is 0.694. The zero-order valence-corrected chi connectivity index (χ0v) is 13.4. The minimum Gasteiger partial charge on any atom is -0.454 e. The van der Waals surface area contributed by atoms with Crippen LogP contribution in [0.5, 0.6) is 11.5 Å². The Balaban J connectivity index is 1.99. The number of nitro groups is 1. The van der Waals surface area contributed by atoms with E-state index in [4.69, 9.17) is 27.9 Å². The van der Waals surface area contributed by atoms with Gasteiger partial charge in [0, 0.05) is 23.2 Å². The van der Waals surface area contributed by atoms with Gasteiger partial charge in [0.1, 0.15) is 5.75 Å². The van der Waals surface area contributed by atoms with Crippen molar-refractivity contribution in [2.24, 2.45) is 0 Å². The SMILES string of the molecule is Cc1ccc2cc(Oc3c(Cl)cc([N+](=O)[O-])cc3Cl)ccc2n1. The number of fused-ring (bicyclic) bond motifs is 1. The average Bonchev–Trinajstić information content (AvgIpc) is 2.50. The van der Waals surface area contributed by atoms with E-state index in [9.17, 15) is 10.1 Å². The van der Waals surface area contributed by atoms with Crippen LogP contribution in [0.1, 0.15) is 5.69 Å². The maximum absolute atomic E-state index is 10.8. The molecule has 0 atom stereocenters. The highest BCUT2D eigenvalue weighted by Crippen LogP contribution is 2.39. The number of hydrogen-bond acceptors (Lipinski definition) is 4. The average molecular weight is 349 g/mol. The summed E-state index contributed by atoms with van der Waals surface area (Å²) in [6.45, 7) is 1.92. The highest BCUT2D eigenvalue weighted by atomic mass is 35.5. The van der Waals surface area contributed by atoms with Gasteiger partial charge < -0.3 is 4.74 Å². The minimum absolute atomic E-state index is 0.0753. The predicted octanol–water partition coefficient (Wildman–Crippen LogP) is 5.55. The van der Waals surface area contributed by atoms with Crippen LogP contribution in [0.4, 0.5) is 5.69 Å². The Kier molecular flexibility index (Phi) is 4.07. The Labute approximate surface area is 141 Å². The van der Waals surface area contributed by atoms with E-state index < -0.39 is 4.92 Å². The number of non-ortho nitro benzene ring substituents is 1. The van der Waals surface area contributed by atoms with Crippen molar-refractivity contribution in [2.45, 2.75) is 6.92 Å². The van der Waals surface area contributed by atoms with E-state index in [2.05, 4.69) is 4.98 Å². The molecular weight excluding hydrogens is 339 g/mol. The summed E-state index contributed by atoms with van der Waals surface area (Å²) in [6, 6.07) is 11.6. The van der Waals surface area contributed by atoms with Gasteiger partial charge in [-0.15, -0.1) is 0 Å². The van der Waals surface area contributed by atoms with Gasteiger partial charge in [0.2, 0.25) is 0 Å². The molecule has 7 heteroatoms. The fourth-order valence-corrected chi connectivity index (χ4v) is 2.69. The Morgan fingerprint density at radius 2 is 1.78 bits per heavy atom. The van der Waals surface area contributed by atoms with E-state index in [1.54, 1.807) is 12.1 Å². The maximum Gasteiger partial charge on any atom is 0.272 e. The molecule has 0 aliphatic rings. The first-order valence-corrected chi connectivity index (χ1v) is 7.38. The third kappa shape index (κ3) is 3.21. The number of nitro benzene ring substituents is 1. The van der Waals surface area contributed by atoms with Gasteiger partial charge in [0.15, 0.2) is 5.75 Å². The number of pyridine rings is 1. The molecular formula is C16H10Cl2N2O3. The molecule has 3 aromatic rings. The topological polar surface area (TPSA) is 65.3 Å². The summed E-state index contributed by atoms with van der Waals surface area (Å²) in [5.41, 5.74) is 1.58. The third-order valence-electron chi connectivity index (χ3n) is 3.21. The molecule has 1 heterocycles. The van der Waals surface area contributed by atoms with Crippen molar-refractivity contribution >= 4 is 39.8 Å². The number of halogens is 2. The number of ether oxygens (including phenoxy) is 1. The second kappa shape index (κ2) is 6.02. The lowest BCUT2D eigenvalue weighted by Crippen LogP contribution is -1.92. The second-order valence-electron chi connectivity index (χ2n) is 4.90. The number of aromatic nitrogens is 1. The van der Waals surface area contributed by atoms with Crippen molar-refractivity contribution < 1.29 is 9.66 Å². The van der Waals surface area contributed by atoms with Gasteiger partial charge in [0.05, 0.1) is 20.5 Å². The quantitative estimate of drug-likeness (QED) is 0.459. The summed E-state index contributed by atoms with van der Waals surface area (Å²) in [7, 11) is 0. The lowest BCUT2D eigenvalue weighted by Gasteiger charge is -2.10. The largest absolute Gasteiger partial charge is 0.454 e. The first kappa shape index (κ1) is 15.5. The molecule has 0 aliphatic heterocycles. The number of hydrogen-bond donors (Lipinski definition) is 0. The van der Waals surface area contributed by atoms with Crippen molar-refractivity contribution in [2.75, 3.05) is 0 Å². The molecule has 5 nitrogen and oxygen atoms in total. The first-order valence-electron chi connectivity index (χ1n) is 6.63. The number of nitrogens with zero attached hydrogens (tertiary/aromatic N) is 2. The molecule has 2 aromatic carbocycles. The number of benzene rings is 2. The molecule has 0 spiro atoms. The Morgan fingerprint density at radius 3 is 2.43 bits per heavy atom. The van der Waals surface area contributed by atoms with Gasteiger partial charge in [-0.2, -0.15) is 0 Å². The Hall–Kier alpha value is -2.37. The summed E-state index contributed by atoms with van der Waals surface area (Å²) in [6.07, 6.45) is 0. The van der Waals surface area contributed by atoms with Crippen molar-refractivity contribution in [1.82, 2.24) is 4.98 Å². The molecule has 23 heavy (non-hydrogen) atoms. The Morgan fingerprint density at radius 1 is 1.09 bits per heavy atom. The molecule has 0 N–H and O–H groups in total. The summed E-state index contributed by atoms with van der Waals surface area (Å²) in [4.78, 5) is 14.6. The zero-order valence-electron chi connectivity index (χ0n) is 11.9. The molecule has 0 radical (unpaired) electrons. The Bertz CT molecular complexity index is 905. The van der Waals surface area contributed by atoms with Crippen LogP contribution in [0.15, 0.2) is 42.5 Å². The van der Waals surface area contributed by atoms with Gasteiger partial charge in [-0.25, -0.2) is 0 Å². The van der Waals surface area contributed by atoms with E-state index in [-0.39, 0.29) is 21.5 Å². The minimum atomic E-state index is -0.564. The summed E-state index contributed by atoms with van der Waals surface area (Å²) < 4.78 is 5.70. The third-order valence-corrected chi connectivity index (χ3v) is 3.78. The van der Waals surface area contributed by atoms with Crippen LogP contribution in [0, 0.1) is 17.0 Å². The van der Waals surface area contributed by atoms with E-state index in [1.165, 1.54) is 12.1 Å². The van der Waals surface area contributed by atoms with E-state index in [0.717, 1.165) is 16.6 Å². The molecule has 0 aliphatic carbocycles. The van der Waals surface area contributed by atoms with Gasteiger partial charge in [-0.3, -0.25) is 15.1 Å². The molecule has 0 amide bonds. The maximum atomic E-state index is 10.8. The van der Waals surface area contributed by atoms with Crippen LogP contribution >= 0.6 is 23.2 Å². The van der Waals surface area contributed by atoms with E-state index in [1.807, 2.05) is 25.1 Å². The molecule has 3 rings (SSSR count). The second-order valence-corrected chi connectivity index (χ2v) is 5.72. The van der Waals surface area contributed by atoms with Crippen molar-refractivity contribution in [3.8, 4) is 11.5 Å². The highest BCUT2D eigenvalue weighted by Gasteiger charge is 2.16. The van der Waals surface area contributed by atoms with Gasteiger partial charge >= 0.3 is 0 Å². The molecule has 116 valence electrons. The fraction of sp³-hybridized carbons (Fsp3) is 0.0625. The van der Waals surface area contributed by atoms with Crippen molar-refractivity contribution in [1.29, 1.82) is 0 Å². The molecule has 0 saturated heterocycles. The number of rotatable bonds is 3. The fourth-order valence-electron chi connectivity index (χ4n) is 2.14. The molecule has 0 unspecified atom stereocenters. The van der Waals surface area contributed by atoms with E-state index >= 15 is 0 Å². The van der Waals surface area contributed by atoms with Gasteiger partial charge in [-0.1, -0.05) is 29.3 Å². The summed E-state index contributed by atoms with van der Waals surface area (Å²) >= 11 is 12.1. The standard InChI is InChI=1S/C16H10Cl2N2O3/c1-9-2-3-10-6-12(4-5-15(10)19-9)23-16-13(17)7-11(20(21)22)8-14(16)18/h2-8H,1H3.